The van der Waals surface area contributed by atoms with Gasteiger partial charge in [0.1, 0.15) is 5.75 Å². The van der Waals surface area contributed by atoms with Crippen LogP contribution in [0.15, 0.2) is 48.5 Å². The number of halogens is 1. The van der Waals surface area contributed by atoms with Crippen LogP contribution in [0.25, 0.3) is 0 Å². The monoisotopic (exact) mass is 303 g/mol. The first-order valence-corrected chi connectivity index (χ1v) is 7.79. The van der Waals surface area contributed by atoms with Crippen LogP contribution in [0.3, 0.4) is 0 Å². The van der Waals surface area contributed by atoms with Crippen LogP contribution in [0.2, 0.25) is 5.02 Å². The Balaban J connectivity index is 2.03. The minimum Gasteiger partial charge on any atom is -0.491 e. The van der Waals surface area contributed by atoms with Crippen LogP contribution in [-0.2, 0) is 0 Å². The number of hydrogen-bond donors (Lipinski definition) is 1. The third kappa shape index (κ3) is 4.68. The Labute approximate surface area is 132 Å². The Morgan fingerprint density at radius 1 is 1.14 bits per heavy atom. The molecule has 0 aliphatic heterocycles. The quantitative estimate of drug-likeness (QED) is 0.745. The Hall–Kier alpha value is -1.67. The van der Waals surface area contributed by atoms with Crippen molar-refractivity contribution in [3.05, 3.63) is 59.1 Å². The molecule has 1 N–H and O–H groups in total. The fourth-order valence-corrected chi connectivity index (χ4v) is 2.31. The third-order valence-corrected chi connectivity index (χ3v) is 3.61. The van der Waals surface area contributed by atoms with E-state index in [1.165, 1.54) is 5.56 Å². The molecule has 0 fully saturated rings. The largest absolute Gasteiger partial charge is 0.491 e. The minimum atomic E-state index is 0.421. The molecule has 0 radical (unpaired) electrons. The molecule has 3 heteroatoms. The summed E-state index contributed by atoms with van der Waals surface area (Å²) < 4.78 is 5.76. The van der Waals surface area contributed by atoms with E-state index in [2.05, 4.69) is 43.4 Å². The summed E-state index contributed by atoms with van der Waals surface area (Å²) >= 11 is 6.09. The molecule has 0 bridgehead atoms. The van der Waals surface area contributed by atoms with Crippen LogP contribution in [0.5, 0.6) is 5.75 Å². The van der Waals surface area contributed by atoms with E-state index in [9.17, 15) is 0 Å². The van der Waals surface area contributed by atoms with Crippen molar-refractivity contribution in [2.75, 3.05) is 18.5 Å². The summed E-state index contributed by atoms with van der Waals surface area (Å²) in [6.07, 6.45) is 0.989. The summed E-state index contributed by atoms with van der Waals surface area (Å²) in [5, 5.41) is 4.17. The van der Waals surface area contributed by atoms with E-state index in [1.54, 1.807) is 0 Å². The van der Waals surface area contributed by atoms with E-state index < -0.39 is 0 Å². The van der Waals surface area contributed by atoms with Crippen molar-refractivity contribution in [3.8, 4) is 5.75 Å². The zero-order chi connectivity index (χ0) is 15.1. The first kappa shape index (κ1) is 15.7. The number of hydrogen-bond acceptors (Lipinski definition) is 2. The smallest absolute Gasteiger partial charge is 0.142 e. The summed E-state index contributed by atoms with van der Waals surface area (Å²) in [5.74, 6) is 1.28. The van der Waals surface area contributed by atoms with Crippen LogP contribution in [0.1, 0.15) is 31.7 Å². The van der Waals surface area contributed by atoms with Gasteiger partial charge in [-0.15, -0.1) is 0 Å². The van der Waals surface area contributed by atoms with Crippen LogP contribution in [0, 0.1) is 0 Å². The Morgan fingerprint density at radius 2 is 1.90 bits per heavy atom. The Morgan fingerprint density at radius 3 is 2.62 bits per heavy atom. The highest BCUT2D eigenvalue weighted by Crippen LogP contribution is 2.29. The van der Waals surface area contributed by atoms with Gasteiger partial charge in [0.2, 0.25) is 0 Å². The van der Waals surface area contributed by atoms with Crippen molar-refractivity contribution in [2.45, 2.75) is 26.2 Å². The van der Waals surface area contributed by atoms with Crippen LogP contribution >= 0.6 is 11.6 Å². The number of benzene rings is 2. The van der Waals surface area contributed by atoms with Crippen molar-refractivity contribution in [3.63, 3.8) is 0 Å². The topological polar surface area (TPSA) is 21.3 Å². The van der Waals surface area contributed by atoms with Gasteiger partial charge < -0.3 is 10.1 Å². The number of rotatable bonds is 7. The molecular weight excluding hydrogens is 282 g/mol. The highest BCUT2D eigenvalue weighted by molar-refractivity contribution is 6.30. The second kappa shape index (κ2) is 7.94. The molecule has 2 aromatic carbocycles. The molecule has 0 saturated carbocycles. The van der Waals surface area contributed by atoms with Crippen LogP contribution < -0.4 is 10.1 Å². The van der Waals surface area contributed by atoms with Crippen LogP contribution in [0.4, 0.5) is 5.69 Å². The van der Waals surface area contributed by atoms with Gasteiger partial charge in [-0.1, -0.05) is 55.8 Å². The van der Waals surface area contributed by atoms with Crippen molar-refractivity contribution in [1.29, 1.82) is 0 Å². The summed E-state index contributed by atoms with van der Waals surface area (Å²) in [6.45, 7) is 5.86. The molecule has 0 spiro atoms. The van der Waals surface area contributed by atoms with E-state index in [1.807, 2.05) is 24.3 Å². The van der Waals surface area contributed by atoms with E-state index in [0.717, 1.165) is 24.4 Å². The predicted octanol–water partition coefficient (Wildman–Crippen LogP) is 5.34. The van der Waals surface area contributed by atoms with Crippen molar-refractivity contribution in [2.24, 2.45) is 0 Å². The summed E-state index contributed by atoms with van der Waals surface area (Å²) in [5.41, 5.74) is 2.28. The van der Waals surface area contributed by atoms with Crippen LogP contribution in [-0.4, -0.2) is 13.2 Å². The number of nitrogens with one attached hydrogen (secondary N) is 1. The van der Waals surface area contributed by atoms with Gasteiger partial charge in [-0.2, -0.15) is 0 Å². The fraction of sp³-hybridized carbons (Fsp3) is 0.333. The summed E-state index contributed by atoms with van der Waals surface area (Å²) in [4.78, 5) is 0. The standard InChI is InChI=1S/C18H22ClNO/c1-3-11-21-18-10-9-16(19)12-17(18)20-13-14(2)15-7-5-4-6-8-15/h4-10,12,14,20H,3,11,13H2,1-2H3. The van der Waals surface area contributed by atoms with Crippen molar-refractivity contribution in [1.82, 2.24) is 0 Å². The summed E-state index contributed by atoms with van der Waals surface area (Å²) in [7, 11) is 0. The van der Waals surface area contributed by atoms with Gasteiger partial charge in [-0.05, 0) is 36.1 Å². The Kier molecular flexibility index (Phi) is 5.94. The second-order valence-electron chi connectivity index (χ2n) is 5.18. The lowest BCUT2D eigenvalue weighted by atomic mass is 10.0. The fourth-order valence-electron chi connectivity index (χ4n) is 2.14. The molecule has 0 aliphatic carbocycles. The third-order valence-electron chi connectivity index (χ3n) is 3.37. The first-order valence-electron chi connectivity index (χ1n) is 7.42. The van der Waals surface area contributed by atoms with Gasteiger partial charge in [-0.25, -0.2) is 0 Å². The van der Waals surface area contributed by atoms with Gasteiger partial charge >= 0.3 is 0 Å². The first-order chi connectivity index (χ1) is 10.2. The molecule has 0 aromatic heterocycles. The van der Waals surface area contributed by atoms with E-state index >= 15 is 0 Å². The Bertz CT molecular complexity index is 556. The maximum atomic E-state index is 6.09. The van der Waals surface area contributed by atoms with Gasteiger partial charge in [0.05, 0.1) is 12.3 Å². The molecule has 112 valence electrons. The maximum absolute atomic E-state index is 6.09. The van der Waals surface area contributed by atoms with E-state index in [0.29, 0.717) is 17.5 Å². The SMILES string of the molecule is CCCOc1ccc(Cl)cc1NCC(C)c1ccccc1. The van der Waals surface area contributed by atoms with Gasteiger partial charge in [-0.3, -0.25) is 0 Å². The molecule has 2 rings (SSSR count). The van der Waals surface area contributed by atoms with Gasteiger partial charge in [0.25, 0.3) is 0 Å². The highest BCUT2D eigenvalue weighted by Gasteiger charge is 2.08. The number of anilines is 1. The lowest BCUT2D eigenvalue weighted by Crippen LogP contribution is -2.11. The predicted molar refractivity (Wildman–Crippen MR) is 90.6 cm³/mol. The summed E-state index contributed by atoms with van der Waals surface area (Å²) in [6, 6.07) is 16.2. The highest BCUT2D eigenvalue weighted by atomic mass is 35.5. The van der Waals surface area contributed by atoms with E-state index in [4.69, 9.17) is 16.3 Å². The zero-order valence-electron chi connectivity index (χ0n) is 12.6. The normalized spacial score (nSPS) is 12.0. The van der Waals surface area contributed by atoms with E-state index in [-0.39, 0.29) is 0 Å². The zero-order valence-corrected chi connectivity index (χ0v) is 13.4. The molecule has 0 amide bonds. The molecule has 21 heavy (non-hydrogen) atoms. The molecule has 0 aliphatic rings. The average Bonchev–Trinajstić information content (AvgIpc) is 2.52. The molecule has 0 saturated heterocycles. The van der Waals surface area contributed by atoms with Crippen molar-refractivity contribution < 1.29 is 4.74 Å². The van der Waals surface area contributed by atoms with Gasteiger partial charge in [0.15, 0.2) is 0 Å². The molecular formula is C18H22ClNO. The second-order valence-corrected chi connectivity index (χ2v) is 5.62. The molecule has 2 nitrogen and oxygen atoms in total. The van der Waals surface area contributed by atoms with Crippen molar-refractivity contribution >= 4 is 17.3 Å². The average molecular weight is 304 g/mol. The molecule has 1 unspecified atom stereocenters. The molecule has 0 heterocycles. The molecule has 1 atom stereocenters. The minimum absolute atomic E-state index is 0.421. The van der Waals surface area contributed by atoms with Gasteiger partial charge in [0, 0.05) is 11.6 Å². The molecule has 2 aromatic rings. The maximum Gasteiger partial charge on any atom is 0.142 e. The number of ether oxygens (including phenoxy) is 1. The lowest BCUT2D eigenvalue weighted by Gasteiger charge is -2.17. The lowest BCUT2D eigenvalue weighted by molar-refractivity contribution is 0.319.